The number of hydrogen-bond acceptors (Lipinski definition) is 1. The molecule has 0 bridgehead atoms. The standard InChI is InChI=1S/C9H7BCl2F3O.K/c1-6(10(13,14)15)5-16-9-4-7(11)2-3-8(9)12;/h2-4H,1,5H2;/q-1;+1. The van der Waals surface area contributed by atoms with Crippen LogP contribution in [0.25, 0.3) is 0 Å². The molecule has 1 nitrogen and oxygen atoms in total. The number of halogens is 5. The maximum atomic E-state index is 12.2. The number of ether oxygens (including phenoxy) is 1. The van der Waals surface area contributed by atoms with E-state index in [9.17, 15) is 12.9 Å². The van der Waals surface area contributed by atoms with E-state index in [1.54, 1.807) is 0 Å². The van der Waals surface area contributed by atoms with Gasteiger partial charge in [0.2, 0.25) is 0 Å². The van der Waals surface area contributed by atoms with Gasteiger partial charge in [-0.1, -0.05) is 23.2 Å². The average Bonchev–Trinajstić information content (AvgIpc) is 2.17. The predicted octanol–water partition coefficient (Wildman–Crippen LogP) is 1.32. The third kappa shape index (κ3) is 6.00. The Hall–Kier alpha value is 0.831. The van der Waals surface area contributed by atoms with Gasteiger partial charge in [0.05, 0.1) is 11.6 Å². The summed E-state index contributed by atoms with van der Waals surface area (Å²) in [6, 6.07) is 4.31. The number of rotatable bonds is 4. The monoisotopic (exact) mass is 308 g/mol. The molecular weight excluding hydrogens is 302 g/mol. The maximum absolute atomic E-state index is 12.2. The second-order valence-electron chi connectivity index (χ2n) is 3.10. The summed E-state index contributed by atoms with van der Waals surface area (Å²) >= 11 is 11.3. The van der Waals surface area contributed by atoms with E-state index >= 15 is 0 Å². The first-order chi connectivity index (χ1) is 7.30. The average molecular weight is 309 g/mol. The number of benzene rings is 1. The molecular formula is C9H7BCl2F3KO. The second-order valence-corrected chi connectivity index (χ2v) is 3.94. The van der Waals surface area contributed by atoms with E-state index in [4.69, 9.17) is 27.9 Å². The molecule has 0 aliphatic rings. The molecule has 8 heteroatoms. The third-order valence-corrected chi connectivity index (χ3v) is 2.32. The molecule has 88 valence electrons. The Labute approximate surface area is 150 Å². The van der Waals surface area contributed by atoms with Gasteiger partial charge < -0.3 is 17.7 Å². The van der Waals surface area contributed by atoms with Crippen LogP contribution in [0.5, 0.6) is 5.75 Å². The van der Waals surface area contributed by atoms with Crippen LogP contribution in [-0.4, -0.2) is 13.6 Å². The summed E-state index contributed by atoms with van der Waals surface area (Å²) in [6.45, 7) is -2.84. The van der Waals surface area contributed by atoms with Crippen LogP contribution < -0.4 is 56.1 Å². The van der Waals surface area contributed by atoms with Crippen LogP contribution >= 0.6 is 23.2 Å². The molecule has 0 heterocycles. The quantitative estimate of drug-likeness (QED) is 0.762. The molecule has 0 aliphatic heterocycles. The van der Waals surface area contributed by atoms with E-state index in [0.717, 1.165) is 0 Å². The first kappa shape index (κ1) is 17.8. The molecule has 0 atom stereocenters. The summed E-state index contributed by atoms with van der Waals surface area (Å²) in [5, 5.41) is 0.536. The van der Waals surface area contributed by atoms with Crippen molar-refractivity contribution in [3.05, 3.63) is 40.3 Å². The van der Waals surface area contributed by atoms with Crippen LogP contribution in [0, 0.1) is 0 Å². The smallest absolute Gasteiger partial charge is 0.491 e. The first-order valence-electron chi connectivity index (χ1n) is 4.26. The van der Waals surface area contributed by atoms with E-state index in [-0.39, 0.29) is 62.2 Å². The summed E-state index contributed by atoms with van der Waals surface area (Å²) in [6.07, 6.45) is 0. The van der Waals surface area contributed by atoms with Crippen LogP contribution in [-0.2, 0) is 0 Å². The molecule has 0 aromatic heterocycles. The summed E-state index contributed by atoms with van der Waals surface area (Å²) in [4.78, 5) is 0. The molecule has 1 aromatic carbocycles. The van der Waals surface area contributed by atoms with E-state index in [1.165, 1.54) is 18.2 Å². The minimum Gasteiger partial charge on any atom is -0.491 e. The fourth-order valence-corrected chi connectivity index (χ4v) is 1.19. The van der Waals surface area contributed by atoms with Gasteiger partial charge in [0.15, 0.2) is 0 Å². The Morgan fingerprint density at radius 2 is 1.88 bits per heavy atom. The topological polar surface area (TPSA) is 9.23 Å². The predicted molar refractivity (Wildman–Crippen MR) is 60.2 cm³/mol. The van der Waals surface area contributed by atoms with Crippen LogP contribution in [0.3, 0.4) is 0 Å². The molecule has 17 heavy (non-hydrogen) atoms. The Kier molecular flexibility index (Phi) is 7.79. The van der Waals surface area contributed by atoms with Gasteiger partial charge in [0.1, 0.15) is 5.75 Å². The van der Waals surface area contributed by atoms with Crippen LogP contribution in [0.1, 0.15) is 0 Å². The van der Waals surface area contributed by atoms with Crippen molar-refractivity contribution in [3.8, 4) is 5.75 Å². The zero-order valence-corrected chi connectivity index (χ0v) is 13.7. The van der Waals surface area contributed by atoms with Gasteiger partial charge in [-0.05, 0) is 12.1 Å². The fourth-order valence-electron chi connectivity index (χ4n) is 0.853. The van der Waals surface area contributed by atoms with E-state index in [0.29, 0.717) is 5.02 Å². The summed E-state index contributed by atoms with van der Waals surface area (Å²) in [5.74, 6) is 0.107. The van der Waals surface area contributed by atoms with Crippen molar-refractivity contribution < 1.29 is 69.1 Å². The Bertz CT molecular complexity index is 412. The Morgan fingerprint density at radius 1 is 1.29 bits per heavy atom. The minimum absolute atomic E-state index is 0. The van der Waals surface area contributed by atoms with Gasteiger partial charge in [-0.25, -0.2) is 0 Å². The van der Waals surface area contributed by atoms with E-state index in [2.05, 4.69) is 6.58 Å². The molecule has 0 unspecified atom stereocenters. The molecule has 1 rings (SSSR count). The van der Waals surface area contributed by atoms with Crippen molar-refractivity contribution in [1.29, 1.82) is 0 Å². The van der Waals surface area contributed by atoms with E-state index in [1.807, 2.05) is 0 Å². The summed E-state index contributed by atoms with van der Waals surface area (Å²) < 4.78 is 41.4. The zero-order valence-electron chi connectivity index (χ0n) is 9.02. The molecule has 0 saturated carbocycles. The van der Waals surface area contributed by atoms with Crippen molar-refractivity contribution in [3.63, 3.8) is 0 Å². The maximum Gasteiger partial charge on any atom is 1.00 e. The molecule has 0 aliphatic carbocycles. The first-order valence-corrected chi connectivity index (χ1v) is 5.02. The molecule has 0 N–H and O–H groups in total. The van der Waals surface area contributed by atoms with Crippen LogP contribution in [0.15, 0.2) is 30.3 Å². The largest absolute Gasteiger partial charge is 1.00 e. The van der Waals surface area contributed by atoms with Crippen molar-refractivity contribution in [2.24, 2.45) is 0 Å². The van der Waals surface area contributed by atoms with Crippen LogP contribution in [0.2, 0.25) is 10.0 Å². The SMILES string of the molecule is C=C(COc1cc(Cl)ccc1Cl)[B-](F)(F)F.[K+]. The molecule has 0 saturated heterocycles. The molecule has 0 radical (unpaired) electrons. The minimum atomic E-state index is -5.09. The van der Waals surface area contributed by atoms with Crippen molar-refractivity contribution in [1.82, 2.24) is 0 Å². The van der Waals surface area contributed by atoms with Gasteiger partial charge >= 0.3 is 58.4 Å². The normalized spacial score (nSPS) is 10.6. The second kappa shape index (κ2) is 7.43. The van der Waals surface area contributed by atoms with Gasteiger partial charge in [-0.3, -0.25) is 0 Å². The fraction of sp³-hybridized carbons (Fsp3) is 0.111. The summed E-state index contributed by atoms with van der Waals surface area (Å²) in [7, 11) is 0. The van der Waals surface area contributed by atoms with Crippen LogP contribution in [0.4, 0.5) is 12.9 Å². The van der Waals surface area contributed by atoms with Crippen molar-refractivity contribution in [2.75, 3.05) is 6.61 Å². The van der Waals surface area contributed by atoms with Crippen molar-refractivity contribution in [2.45, 2.75) is 0 Å². The van der Waals surface area contributed by atoms with Gasteiger partial charge in [0.25, 0.3) is 0 Å². The zero-order chi connectivity index (χ0) is 12.3. The Morgan fingerprint density at radius 3 is 2.41 bits per heavy atom. The van der Waals surface area contributed by atoms with E-state index < -0.39 is 19.1 Å². The molecule has 0 amide bonds. The molecule has 0 spiro atoms. The summed E-state index contributed by atoms with van der Waals surface area (Å²) in [5.41, 5.74) is -0.920. The molecule has 0 fully saturated rings. The van der Waals surface area contributed by atoms with Gasteiger partial charge in [-0.15, -0.1) is 12.1 Å². The molecule has 1 aromatic rings. The van der Waals surface area contributed by atoms with Gasteiger partial charge in [-0.2, -0.15) is 0 Å². The van der Waals surface area contributed by atoms with Gasteiger partial charge in [0, 0.05) is 11.1 Å². The third-order valence-electron chi connectivity index (χ3n) is 1.77. The Balaban J connectivity index is 0.00000256. The number of hydrogen-bond donors (Lipinski definition) is 0. The van der Waals surface area contributed by atoms with Crippen molar-refractivity contribution >= 4 is 30.2 Å².